The number of aromatic nitrogens is 2. The summed E-state index contributed by atoms with van der Waals surface area (Å²) in [7, 11) is 3.14. The van der Waals surface area contributed by atoms with Gasteiger partial charge in [0.25, 0.3) is 5.91 Å². The maximum atomic E-state index is 13.8. The summed E-state index contributed by atoms with van der Waals surface area (Å²) < 4.78 is 79.4. The highest BCUT2D eigenvalue weighted by atomic mass is 19.4. The Morgan fingerprint density at radius 1 is 0.978 bits per heavy atom. The largest absolute Gasteiger partial charge is 0.497 e. The molecule has 4 rings (SSSR count). The van der Waals surface area contributed by atoms with Crippen LogP contribution in [0.2, 0.25) is 0 Å². The van der Waals surface area contributed by atoms with Crippen LogP contribution in [0.4, 0.5) is 37.7 Å². The van der Waals surface area contributed by atoms with Gasteiger partial charge in [-0.25, -0.2) is 9.48 Å². The zero-order valence-electron chi connectivity index (χ0n) is 24.9. The van der Waals surface area contributed by atoms with Crippen LogP contribution in [0.25, 0.3) is 5.69 Å². The second-order valence-electron chi connectivity index (χ2n) is 10.9. The number of ether oxygens (including phenoxy) is 1. The lowest BCUT2D eigenvalue weighted by Crippen LogP contribution is -2.44. The molecule has 10 nitrogen and oxygen atoms in total. The van der Waals surface area contributed by atoms with Crippen molar-refractivity contribution in [1.29, 1.82) is 0 Å². The number of nitrogens with zero attached hydrogens (tertiary/aromatic N) is 4. The van der Waals surface area contributed by atoms with Crippen LogP contribution in [0.15, 0.2) is 48.5 Å². The quantitative estimate of drug-likeness (QED) is 0.360. The van der Waals surface area contributed by atoms with E-state index < -0.39 is 29.9 Å². The molecule has 2 amide bonds. The van der Waals surface area contributed by atoms with Crippen molar-refractivity contribution in [2.75, 3.05) is 37.0 Å². The van der Waals surface area contributed by atoms with Gasteiger partial charge in [-0.2, -0.15) is 31.4 Å². The Balaban J connectivity index is 0.000000707. The average molecular weight is 644 g/mol. The van der Waals surface area contributed by atoms with Gasteiger partial charge in [0.05, 0.1) is 19.3 Å². The van der Waals surface area contributed by atoms with Gasteiger partial charge in [0.15, 0.2) is 5.69 Å². The SMILES string of the molecule is COc1ccc(-n2nc(C(F)(F)F)c3c2C(=O)N(c2ccc(N(C)C(=O)CNC(C)(C)C)cc2)CC3)cc1.O=C(O)C(F)(F)F. The fourth-order valence-electron chi connectivity index (χ4n) is 4.20. The summed E-state index contributed by atoms with van der Waals surface area (Å²) in [6.07, 6.45) is -9.80. The number of alkyl halides is 6. The molecule has 0 spiro atoms. The lowest BCUT2D eigenvalue weighted by atomic mass is 10.0. The number of rotatable bonds is 6. The number of carbonyl (C=O) groups excluding carboxylic acids is 2. The molecule has 1 aromatic heterocycles. The molecule has 244 valence electrons. The summed E-state index contributed by atoms with van der Waals surface area (Å²) in [4.78, 5) is 38.0. The van der Waals surface area contributed by atoms with E-state index in [2.05, 4.69) is 10.4 Å². The van der Waals surface area contributed by atoms with Crippen molar-refractivity contribution in [2.45, 2.75) is 45.1 Å². The van der Waals surface area contributed by atoms with E-state index in [-0.39, 0.29) is 42.2 Å². The molecular weight excluding hydrogens is 612 g/mol. The second kappa shape index (κ2) is 13.2. The number of likely N-dealkylation sites (N-methyl/N-ethyl adjacent to an activating group) is 1. The Hall–Kier alpha value is -4.60. The van der Waals surface area contributed by atoms with Crippen molar-refractivity contribution in [3.8, 4) is 11.4 Å². The second-order valence-corrected chi connectivity index (χ2v) is 10.9. The van der Waals surface area contributed by atoms with Crippen LogP contribution in [-0.2, 0) is 22.2 Å². The Morgan fingerprint density at radius 3 is 1.98 bits per heavy atom. The lowest BCUT2D eigenvalue weighted by molar-refractivity contribution is -0.192. The van der Waals surface area contributed by atoms with Crippen LogP contribution in [0.1, 0.15) is 42.5 Å². The first-order valence-corrected chi connectivity index (χ1v) is 13.3. The highest BCUT2D eigenvalue weighted by Crippen LogP contribution is 2.37. The van der Waals surface area contributed by atoms with Gasteiger partial charge in [-0.1, -0.05) is 0 Å². The first-order valence-electron chi connectivity index (χ1n) is 13.3. The average Bonchev–Trinajstić information content (AvgIpc) is 3.37. The molecule has 0 saturated heterocycles. The third-order valence-corrected chi connectivity index (χ3v) is 6.54. The van der Waals surface area contributed by atoms with Crippen molar-refractivity contribution in [3.05, 3.63) is 65.5 Å². The van der Waals surface area contributed by atoms with Crippen LogP contribution >= 0.6 is 0 Å². The number of hydrogen-bond acceptors (Lipinski definition) is 6. The van der Waals surface area contributed by atoms with E-state index in [1.54, 1.807) is 55.6 Å². The maximum Gasteiger partial charge on any atom is 0.490 e. The molecule has 1 aliphatic heterocycles. The van der Waals surface area contributed by atoms with E-state index in [0.29, 0.717) is 22.8 Å². The number of amides is 2. The lowest BCUT2D eigenvalue weighted by Gasteiger charge is -2.28. The van der Waals surface area contributed by atoms with E-state index in [9.17, 15) is 35.9 Å². The van der Waals surface area contributed by atoms with Crippen LogP contribution < -0.4 is 19.9 Å². The molecule has 16 heteroatoms. The van der Waals surface area contributed by atoms with E-state index in [0.717, 1.165) is 4.68 Å². The Labute approximate surface area is 254 Å². The summed E-state index contributed by atoms with van der Waals surface area (Å²) >= 11 is 0. The summed E-state index contributed by atoms with van der Waals surface area (Å²) in [5.41, 5.74) is -0.0710. The molecule has 45 heavy (non-hydrogen) atoms. The Morgan fingerprint density at radius 2 is 1.51 bits per heavy atom. The Kier molecular flexibility index (Phi) is 10.2. The van der Waals surface area contributed by atoms with Gasteiger partial charge in [0.2, 0.25) is 5.91 Å². The first kappa shape index (κ1) is 34.9. The van der Waals surface area contributed by atoms with Gasteiger partial charge < -0.3 is 25.0 Å². The fraction of sp³-hybridized carbons (Fsp3) is 0.379. The predicted molar refractivity (Wildman–Crippen MR) is 152 cm³/mol. The monoisotopic (exact) mass is 643 g/mol. The topological polar surface area (TPSA) is 117 Å². The van der Waals surface area contributed by atoms with E-state index in [1.165, 1.54) is 16.9 Å². The van der Waals surface area contributed by atoms with Gasteiger partial charge in [-0.3, -0.25) is 9.59 Å². The number of carboxylic acids is 1. The van der Waals surface area contributed by atoms with Gasteiger partial charge in [-0.05, 0) is 75.7 Å². The zero-order valence-corrected chi connectivity index (χ0v) is 24.9. The minimum atomic E-state index is -5.08. The van der Waals surface area contributed by atoms with Crippen molar-refractivity contribution < 1.29 is 50.6 Å². The van der Waals surface area contributed by atoms with Crippen LogP contribution in [0.5, 0.6) is 5.75 Å². The molecule has 0 aliphatic carbocycles. The number of hydrogen-bond donors (Lipinski definition) is 2. The predicted octanol–water partition coefficient (Wildman–Crippen LogP) is 5.09. The van der Waals surface area contributed by atoms with E-state index >= 15 is 0 Å². The number of aliphatic carboxylic acids is 1. The van der Waals surface area contributed by atoms with Gasteiger partial charge in [0.1, 0.15) is 11.4 Å². The van der Waals surface area contributed by atoms with E-state index in [4.69, 9.17) is 14.6 Å². The van der Waals surface area contributed by atoms with Gasteiger partial charge in [0, 0.05) is 36.1 Å². The number of anilines is 2. The smallest absolute Gasteiger partial charge is 0.490 e. The van der Waals surface area contributed by atoms with Crippen molar-refractivity contribution >= 4 is 29.2 Å². The maximum absolute atomic E-state index is 13.8. The van der Waals surface area contributed by atoms with Crippen molar-refractivity contribution in [1.82, 2.24) is 15.1 Å². The fourth-order valence-corrected chi connectivity index (χ4v) is 4.20. The molecule has 0 bridgehead atoms. The number of carboxylic acid groups (broad SMARTS) is 1. The number of carbonyl (C=O) groups is 3. The van der Waals surface area contributed by atoms with Gasteiger partial charge in [-0.15, -0.1) is 0 Å². The molecule has 1 aliphatic rings. The molecule has 3 aromatic rings. The van der Waals surface area contributed by atoms with Crippen LogP contribution in [-0.4, -0.2) is 71.6 Å². The number of halogens is 6. The highest BCUT2D eigenvalue weighted by Gasteiger charge is 2.43. The molecule has 0 saturated carbocycles. The molecule has 2 heterocycles. The molecule has 0 fully saturated rings. The first-order chi connectivity index (χ1) is 20.7. The molecule has 0 unspecified atom stereocenters. The molecule has 0 radical (unpaired) electrons. The number of nitrogens with one attached hydrogen (secondary N) is 1. The molecule has 2 N–H and O–H groups in total. The minimum absolute atomic E-state index is 0.00924. The summed E-state index contributed by atoms with van der Waals surface area (Å²) in [5.74, 6) is -2.95. The standard InChI is InChI=1S/C27H30F3N5O3.C2HF3O2/c1-26(2,3)31-16-22(36)33(4)17-6-8-18(9-7-17)34-15-14-21-23(25(34)37)35(32-24(21)27(28,29)30)19-10-12-20(38-5)13-11-19;3-2(4,5)1(6)7/h6-13,31H,14-16H2,1-5H3;(H,6,7). The molecule has 2 aromatic carbocycles. The normalized spacial score (nSPS) is 13.5. The van der Waals surface area contributed by atoms with Crippen molar-refractivity contribution in [3.63, 3.8) is 0 Å². The number of fused-ring (bicyclic) bond motifs is 1. The number of methoxy groups -OCH3 is 1. The van der Waals surface area contributed by atoms with Gasteiger partial charge >= 0.3 is 18.3 Å². The third kappa shape index (κ3) is 8.53. The summed E-state index contributed by atoms with van der Waals surface area (Å²) in [6.45, 7) is 6.12. The van der Waals surface area contributed by atoms with Crippen LogP contribution in [0, 0.1) is 0 Å². The van der Waals surface area contributed by atoms with Crippen LogP contribution in [0.3, 0.4) is 0 Å². The Bertz CT molecular complexity index is 1530. The zero-order chi connectivity index (χ0) is 33.9. The molecular formula is C29H31F6N5O5. The number of benzene rings is 2. The third-order valence-electron chi connectivity index (χ3n) is 6.54. The highest BCUT2D eigenvalue weighted by molar-refractivity contribution is 6.08. The molecule has 0 atom stereocenters. The minimum Gasteiger partial charge on any atom is -0.497 e. The summed E-state index contributed by atoms with van der Waals surface area (Å²) in [6, 6.07) is 13.0. The van der Waals surface area contributed by atoms with Crippen molar-refractivity contribution in [2.24, 2.45) is 0 Å². The van der Waals surface area contributed by atoms with E-state index in [1.807, 2.05) is 20.8 Å². The summed E-state index contributed by atoms with van der Waals surface area (Å²) in [5, 5.41) is 14.1.